The Bertz CT molecular complexity index is 889. The largest absolute Gasteiger partial charge is 0.497 e. The number of rotatable bonds is 2. The predicted octanol–water partition coefficient (Wildman–Crippen LogP) is 2.89. The molecule has 0 saturated carbocycles. The lowest BCUT2D eigenvalue weighted by Gasteiger charge is -2.02. The summed E-state index contributed by atoms with van der Waals surface area (Å²) in [4.78, 5) is 12.0. The summed E-state index contributed by atoms with van der Waals surface area (Å²) in [5.74, 6) is 0.836. The van der Waals surface area contributed by atoms with Gasteiger partial charge in [-0.15, -0.1) is 0 Å². The molecule has 98 valence electrons. The van der Waals surface area contributed by atoms with E-state index in [1.165, 1.54) is 0 Å². The number of aromatic nitrogens is 4. The average molecular weight is 264 g/mol. The first-order valence-electron chi connectivity index (χ1n) is 6.30. The van der Waals surface area contributed by atoms with Gasteiger partial charge in [0, 0.05) is 11.8 Å². The molecule has 0 atom stereocenters. The molecule has 1 N–H and O–H groups in total. The molecule has 0 unspecified atom stereocenters. The lowest BCUT2D eigenvalue weighted by molar-refractivity contribution is 0.415. The molecule has 0 fully saturated rings. The zero-order valence-corrected chi connectivity index (χ0v) is 10.9. The Balaban J connectivity index is 1.94. The van der Waals surface area contributed by atoms with Gasteiger partial charge in [-0.25, -0.2) is 9.97 Å². The Hall–Kier alpha value is -2.82. The minimum Gasteiger partial charge on any atom is -0.497 e. The number of methoxy groups -OCH3 is 1. The molecule has 0 aliphatic heterocycles. The van der Waals surface area contributed by atoms with Gasteiger partial charge in [0.05, 0.1) is 30.0 Å². The van der Waals surface area contributed by atoms with E-state index in [0.717, 1.165) is 33.7 Å². The number of nitrogens with one attached hydrogen (secondary N) is 1. The minimum absolute atomic E-state index is 0.836. The number of hydrogen-bond donors (Lipinski definition) is 1. The van der Waals surface area contributed by atoms with Crippen molar-refractivity contribution in [1.29, 1.82) is 0 Å². The number of benzene rings is 1. The van der Waals surface area contributed by atoms with E-state index in [0.29, 0.717) is 0 Å². The van der Waals surface area contributed by atoms with E-state index in [9.17, 15) is 0 Å². The molecule has 0 saturated heterocycles. The van der Waals surface area contributed by atoms with E-state index in [-0.39, 0.29) is 0 Å². The number of hydrogen-bond acceptors (Lipinski definition) is 3. The number of imidazole rings is 1. The van der Waals surface area contributed by atoms with Crippen LogP contribution in [0.5, 0.6) is 5.75 Å². The van der Waals surface area contributed by atoms with E-state index in [1.807, 2.05) is 53.5 Å². The van der Waals surface area contributed by atoms with Crippen LogP contribution in [0.2, 0.25) is 0 Å². The van der Waals surface area contributed by atoms with Crippen LogP contribution in [-0.2, 0) is 0 Å². The Kier molecular flexibility index (Phi) is 2.26. The zero-order valence-electron chi connectivity index (χ0n) is 10.9. The minimum atomic E-state index is 0.836. The lowest BCUT2D eigenvalue weighted by Crippen LogP contribution is -1.88. The van der Waals surface area contributed by atoms with Crippen LogP contribution < -0.4 is 4.74 Å². The average Bonchev–Trinajstić information content (AvgIpc) is 3.13. The van der Waals surface area contributed by atoms with Crippen LogP contribution in [0, 0.1) is 0 Å². The third-order valence-corrected chi connectivity index (χ3v) is 3.45. The number of ether oxygens (including phenoxy) is 1. The first-order valence-corrected chi connectivity index (χ1v) is 6.30. The van der Waals surface area contributed by atoms with Crippen LogP contribution in [0.15, 0.2) is 49.1 Å². The third-order valence-electron chi connectivity index (χ3n) is 3.45. The smallest absolute Gasteiger partial charge is 0.154 e. The van der Waals surface area contributed by atoms with Crippen molar-refractivity contribution in [2.75, 3.05) is 7.11 Å². The fourth-order valence-electron chi connectivity index (χ4n) is 2.42. The maximum atomic E-state index is 5.18. The van der Waals surface area contributed by atoms with Crippen molar-refractivity contribution in [3.8, 4) is 17.0 Å². The summed E-state index contributed by atoms with van der Waals surface area (Å²) >= 11 is 0. The van der Waals surface area contributed by atoms with Gasteiger partial charge in [0.25, 0.3) is 0 Å². The molecule has 0 bridgehead atoms. The van der Waals surface area contributed by atoms with Crippen molar-refractivity contribution in [1.82, 2.24) is 19.4 Å². The Morgan fingerprint density at radius 1 is 1.05 bits per heavy atom. The molecule has 4 aromatic rings. The molecule has 5 heteroatoms. The van der Waals surface area contributed by atoms with Crippen molar-refractivity contribution in [3.63, 3.8) is 0 Å². The van der Waals surface area contributed by atoms with Crippen LogP contribution in [-0.4, -0.2) is 26.5 Å². The summed E-state index contributed by atoms with van der Waals surface area (Å²) in [5, 5.41) is 0. The van der Waals surface area contributed by atoms with Gasteiger partial charge in [0.2, 0.25) is 0 Å². The van der Waals surface area contributed by atoms with E-state index < -0.39 is 0 Å². The molecule has 4 rings (SSSR count). The van der Waals surface area contributed by atoms with Crippen molar-refractivity contribution >= 4 is 16.7 Å². The molecule has 5 nitrogen and oxygen atoms in total. The molecule has 3 aromatic heterocycles. The SMILES string of the molecule is COc1ccc(-c2ncn3c2cnc2[nH]ccc23)cc1. The summed E-state index contributed by atoms with van der Waals surface area (Å²) in [6, 6.07) is 9.87. The second-order valence-corrected chi connectivity index (χ2v) is 4.55. The highest BCUT2D eigenvalue weighted by Crippen LogP contribution is 2.26. The van der Waals surface area contributed by atoms with Crippen LogP contribution in [0.3, 0.4) is 0 Å². The molecule has 0 radical (unpaired) electrons. The quantitative estimate of drug-likeness (QED) is 0.605. The monoisotopic (exact) mass is 264 g/mol. The van der Waals surface area contributed by atoms with Gasteiger partial charge in [-0.05, 0) is 30.3 Å². The molecule has 20 heavy (non-hydrogen) atoms. The van der Waals surface area contributed by atoms with E-state index >= 15 is 0 Å². The summed E-state index contributed by atoms with van der Waals surface area (Å²) in [5.41, 5.74) is 4.83. The summed E-state index contributed by atoms with van der Waals surface area (Å²) in [6.07, 6.45) is 5.54. The topological polar surface area (TPSA) is 55.2 Å². The summed E-state index contributed by atoms with van der Waals surface area (Å²) in [7, 11) is 1.66. The number of aromatic amines is 1. The van der Waals surface area contributed by atoms with Crippen LogP contribution >= 0.6 is 0 Å². The molecule has 0 aliphatic rings. The molecular formula is C15H12N4O. The zero-order chi connectivity index (χ0) is 13.5. The second-order valence-electron chi connectivity index (χ2n) is 4.55. The molecular weight excluding hydrogens is 252 g/mol. The van der Waals surface area contributed by atoms with Crippen molar-refractivity contribution in [2.24, 2.45) is 0 Å². The molecule has 0 spiro atoms. The maximum absolute atomic E-state index is 5.18. The van der Waals surface area contributed by atoms with Crippen molar-refractivity contribution < 1.29 is 4.74 Å². The number of H-pyrrole nitrogens is 1. The van der Waals surface area contributed by atoms with Crippen LogP contribution in [0.25, 0.3) is 27.9 Å². The summed E-state index contributed by atoms with van der Waals surface area (Å²) in [6.45, 7) is 0. The fourth-order valence-corrected chi connectivity index (χ4v) is 2.42. The first kappa shape index (κ1) is 11.0. The normalized spacial score (nSPS) is 11.2. The van der Waals surface area contributed by atoms with Gasteiger partial charge in [-0.2, -0.15) is 0 Å². The van der Waals surface area contributed by atoms with Crippen molar-refractivity contribution in [3.05, 3.63) is 49.1 Å². The second kappa shape index (κ2) is 4.09. The summed E-state index contributed by atoms with van der Waals surface area (Å²) < 4.78 is 7.22. The highest BCUT2D eigenvalue weighted by Gasteiger charge is 2.10. The molecule has 3 heterocycles. The van der Waals surface area contributed by atoms with E-state index in [4.69, 9.17) is 4.74 Å². The molecule has 1 aromatic carbocycles. The number of nitrogens with zero attached hydrogens (tertiary/aromatic N) is 3. The van der Waals surface area contributed by atoms with Crippen LogP contribution in [0.4, 0.5) is 0 Å². The maximum Gasteiger partial charge on any atom is 0.154 e. The Morgan fingerprint density at radius 2 is 1.90 bits per heavy atom. The third kappa shape index (κ3) is 1.50. The Morgan fingerprint density at radius 3 is 2.70 bits per heavy atom. The number of fused-ring (bicyclic) bond motifs is 3. The van der Waals surface area contributed by atoms with Gasteiger partial charge in [-0.1, -0.05) is 0 Å². The van der Waals surface area contributed by atoms with Crippen LogP contribution in [0.1, 0.15) is 0 Å². The molecule has 0 amide bonds. The predicted molar refractivity (Wildman–Crippen MR) is 76.8 cm³/mol. The van der Waals surface area contributed by atoms with Gasteiger partial charge in [-0.3, -0.25) is 4.40 Å². The Labute approximate surface area is 114 Å². The van der Waals surface area contributed by atoms with Crippen molar-refractivity contribution in [2.45, 2.75) is 0 Å². The fraction of sp³-hybridized carbons (Fsp3) is 0.0667. The van der Waals surface area contributed by atoms with Gasteiger partial charge < -0.3 is 9.72 Å². The first-order chi connectivity index (χ1) is 9.86. The van der Waals surface area contributed by atoms with E-state index in [1.54, 1.807) is 7.11 Å². The van der Waals surface area contributed by atoms with E-state index in [2.05, 4.69) is 15.0 Å². The van der Waals surface area contributed by atoms with Gasteiger partial charge in [0.15, 0.2) is 5.65 Å². The lowest BCUT2D eigenvalue weighted by atomic mass is 10.1. The highest BCUT2D eigenvalue weighted by molar-refractivity contribution is 5.83. The standard InChI is InChI=1S/C15H12N4O/c1-20-11-4-2-10(3-5-11)14-13-8-17-15-12(6-7-16-15)19(13)9-18-14/h2-9,16H,1H3. The highest BCUT2D eigenvalue weighted by atomic mass is 16.5. The van der Waals surface area contributed by atoms with Gasteiger partial charge in [0.1, 0.15) is 12.1 Å². The molecule has 0 aliphatic carbocycles. The van der Waals surface area contributed by atoms with Gasteiger partial charge >= 0.3 is 0 Å².